The van der Waals surface area contributed by atoms with E-state index in [4.69, 9.17) is 0 Å². The zero-order valence-electron chi connectivity index (χ0n) is 13.8. The smallest absolute Gasteiger partial charge is 0.259 e. The number of hydrogen-bond acceptors (Lipinski definition) is 5. The third kappa shape index (κ3) is 3.68. The highest BCUT2D eigenvalue weighted by Crippen LogP contribution is 2.16. The Kier molecular flexibility index (Phi) is 4.71. The molecule has 1 aliphatic heterocycles. The lowest BCUT2D eigenvalue weighted by Crippen LogP contribution is -2.45. The summed E-state index contributed by atoms with van der Waals surface area (Å²) in [6.45, 7) is 5.44. The number of nitrogens with zero attached hydrogens (tertiary/aromatic N) is 4. The van der Waals surface area contributed by atoms with Crippen LogP contribution in [0.3, 0.4) is 0 Å². The average molecular weight is 329 g/mol. The summed E-state index contributed by atoms with van der Waals surface area (Å²) in [6, 6.07) is 5.78. The zero-order valence-corrected chi connectivity index (χ0v) is 13.8. The number of aryl methyl sites for hydroxylation is 1. The Morgan fingerprint density at radius 3 is 2.67 bits per heavy atom. The second-order valence-electron chi connectivity index (χ2n) is 5.92. The van der Waals surface area contributed by atoms with Gasteiger partial charge in [-0.05, 0) is 32.2 Å². The van der Waals surface area contributed by atoms with E-state index in [-0.39, 0.29) is 5.91 Å². The standard InChI is InChI=1S/C17H20FN5O/c1-12-15(16(24)21-14-5-3-4-13(18)10-14)11-19-17(20-12)23-8-6-22(2)7-9-23/h3-5,10-11H,6-9H2,1-2H3,(H,21,24). The molecule has 1 aromatic carbocycles. The average Bonchev–Trinajstić information content (AvgIpc) is 2.55. The normalized spacial score (nSPS) is 15.4. The molecule has 0 unspecified atom stereocenters. The molecule has 1 amide bonds. The van der Waals surface area contributed by atoms with E-state index in [0.717, 1.165) is 26.2 Å². The van der Waals surface area contributed by atoms with Gasteiger partial charge in [0, 0.05) is 38.1 Å². The van der Waals surface area contributed by atoms with E-state index >= 15 is 0 Å². The largest absolute Gasteiger partial charge is 0.338 e. The number of halogens is 1. The van der Waals surface area contributed by atoms with Crippen molar-refractivity contribution in [1.82, 2.24) is 14.9 Å². The summed E-state index contributed by atoms with van der Waals surface area (Å²) in [5.74, 6) is -0.0999. The summed E-state index contributed by atoms with van der Waals surface area (Å²) in [5, 5.41) is 2.67. The second-order valence-corrected chi connectivity index (χ2v) is 5.92. The van der Waals surface area contributed by atoms with Crippen molar-refractivity contribution < 1.29 is 9.18 Å². The molecule has 0 aliphatic carbocycles. The first-order chi connectivity index (χ1) is 11.5. The van der Waals surface area contributed by atoms with Gasteiger partial charge in [0.2, 0.25) is 5.95 Å². The van der Waals surface area contributed by atoms with Crippen molar-refractivity contribution in [2.24, 2.45) is 0 Å². The number of carbonyl (C=O) groups is 1. The maximum Gasteiger partial charge on any atom is 0.259 e. The van der Waals surface area contributed by atoms with Crippen molar-refractivity contribution in [2.75, 3.05) is 43.4 Å². The van der Waals surface area contributed by atoms with Crippen molar-refractivity contribution in [3.63, 3.8) is 0 Å². The van der Waals surface area contributed by atoms with Crippen molar-refractivity contribution in [3.8, 4) is 0 Å². The summed E-state index contributed by atoms with van der Waals surface area (Å²) < 4.78 is 13.2. The Bertz CT molecular complexity index is 744. The van der Waals surface area contributed by atoms with Crippen LogP contribution in [-0.2, 0) is 0 Å². The maximum absolute atomic E-state index is 13.2. The second kappa shape index (κ2) is 6.92. The lowest BCUT2D eigenvalue weighted by molar-refractivity contribution is 0.102. The highest BCUT2D eigenvalue weighted by Gasteiger charge is 2.19. The summed E-state index contributed by atoms with van der Waals surface area (Å²) in [7, 11) is 2.09. The Morgan fingerprint density at radius 1 is 1.25 bits per heavy atom. The van der Waals surface area contributed by atoms with Gasteiger partial charge in [-0.25, -0.2) is 14.4 Å². The molecule has 24 heavy (non-hydrogen) atoms. The van der Waals surface area contributed by atoms with Gasteiger partial charge in [-0.2, -0.15) is 0 Å². The number of rotatable bonds is 3. The first-order valence-electron chi connectivity index (χ1n) is 7.87. The quantitative estimate of drug-likeness (QED) is 0.932. The van der Waals surface area contributed by atoms with Crippen molar-refractivity contribution in [3.05, 3.63) is 47.5 Å². The van der Waals surface area contributed by atoms with Gasteiger partial charge in [-0.3, -0.25) is 4.79 Å². The van der Waals surface area contributed by atoms with Crippen LogP contribution < -0.4 is 10.2 Å². The minimum absolute atomic E-state index is 0.344. The molecule has 0 bridgehead atoms. The first-order valence-corrected chi connectivity index (χ1v) is 7.87. The monoisotopic (exact) mass is 329 g/mol. The molecule has 6 nitrogen and oxygen atoms in total. The molecule has 1 saturated heterocycles. The van der Waals surface area contributed by atoms with Gasteiger partial charge in [0.15, 0.2) is 0 Å². The molecular weight excluding hydrogens is 309 g/mol. The van der Waals surface area contributed by atoms with E-state index in [1.165, 1.54) is 18.3 Å². The first kappa shape index (κ1) is 16.3. The molecule has 1 aliphatic rings. The summed E-state index contributed by atoms with van der Waals surface area (Å²) in [6.07, 6.45) is 1.53. The van der Waals surface area contributed by atoms with Crippen LogP contribution in [0.4, 0.5) is 16.0 Å². The molecular formula is C17H20FN5O. The zero-order chi connectivity index (χ0) is 17.1. The molecule has 7 heteroatoms. The third-order valence-corrected chi connectivity index (χ3v) is 4.08. The van der Waals surface area contributed by atoms with Crippen LogP contribution in [-0.4, -0.2) is 54.0 Å². The number of nitrogens with one attached hydrogen (secondary N) is 1. The van der Waals surface area contributed by atoms with Crippen LogP contribution in [0, 0.1) is 12.7 Å². The van der Waals surface area contributed by atoms with Gasteiger partial charge in [0.05, 0.1) is 11.3 Å². The predicted octanol–water partition coefficient (Wildman–Crippen LogP) is 1.93. The van der Waals surface area contributed by atoms with Gasteiger partial charge in [0.1, 0.15) is 5.82 Å². The van der Waals surface area contributed by atoms with E-state index in [1.54, 1.807) is 19.1 Å². The van der Waals surface area contributed by atoms with E-state index in [9.17, 15) is 9.18 Å². The van der Waals surface area contributed by atoms with Crippen LogP contribution in [0.5, 0.6) is 0 Å². The lowest BCUT2D eigenvalue weighted by atomic mass is 10.2. The maximum atomic E-state index is 13.2. The Labute approximate surface area is 140 Å². The highest BCUT2D eigenvalue weighted by atomic mass is 19.1. The van der Waals surface area contributed by atoms with Gasteiger partial charge < -0.3 is 15.1 Å². The molecule has 126 valence electrons. The fourth-order valence-corrected chi connectivity index (χ4v) is 2.60. The van der Waals surface area contributed by atoms with E-state index in [1.807, 2.05) is 0 Å². The summed E-state index contributed by atoms with van der Waals surface area (Å²) >= 11 is 0. The SMILES string of the molecule is Cc1nc(N2CCN(C)CC2)ncc1C(=O)Nc1cccc(F)c1. The third-order valence-electron chi connectivity index (χ3n) is 4.08. The number of carbonyl (C=O) groups excluding carboxylic acids is 1. The van der Waals surface area contributed by atoms with E-state index < -0.39 is 5.82 Å². The minimum Gasteiger partial charge on any atom is -0.338 e. The van der Waals surface area contributed by atoms with Gasteiger partial charge in [-0.15, -0.1) is 0 Å². The Hall–Kier alpha value is -2.54. The number of amides is 1. The fourth-order valence-electron chi connectivity index (χ4n) is 2.60. The number of likely N-dealkylation sites (N-methyl/N-ethyl adjacent to an activating group) is 1. The number of benzene rings is 1. The van der Waals surface area contributed by atoms with Crippen LogP contribution >= 0.6 is 0 Å². The number of hydrogen-bond donors (Lipinski definition) is 1. The molecule has 2 aromatic rings. The highest BCUT2D eigenvalue weighted by molar-refractivity contribution is 6.04. The van der Waals surface area contributed by atoms with Crippen LogP contribution in [0.15, 0.2) is 30.5 Å². The van der Waals surface area contributed by atoms with Crippen LogP contribution in [0.2, 0.25) is 0 Å². The number of aromatic nitrogens is 2. The van der Waals surface area contributed by atoms with Crippen molar-refractivity contribution >= 4 is 17.5 Å². The lowest BCUT2D eigenvalue weighted by Gasteiger charge is -2.32. The summed E-state index contributed by atoms with van der Waals surface area (Å²) in [5.41, 5.74) is 1.40. The molecule has 3 rings (SSSR count). The van der Waals surface area contributed by atoms with E-state index in [0.29, 0.717) is 22.9 Å². The molecule has 0 spiro atoms. The Balaban J connectivity index is 1.73. The van der Waals surface area contributed by atoms with Crippen LogP contribution in [0.25, 0.3) is 0 Å². The predicted molar refractivity (Wildman–Crippen MR) is 90.8 cm³/mol. The minimum atomic E-state index is -0.397. The topological polar surface area (TPSA) is 61.4 Å². The molecule has 0 radical (unpaired) electrons. The molecule has 2 heterocycles. The number of anilines is 2. The fraction of sp³-hybridized carbons (Fsp3) is 0.353. The van der Waals surface area contributed by atoms with Gasteiger partial charge in [0.25, 0.3) is 5.91 Å². The van der Waals surface area contributed by atoms with Gasteiger partial charge >= 0.3 is 0 Å². The molecule has 1 N–H and O–H groups in total. The molecule has 0 atom stereocenters. The number of piperazine rings is 1. The molecule has 0 saturated carbocycles. The van der Waals surface area contributed by atoms with Crippen molar-refractivity contribution in [2.45, 2.75) is 6.92 Å². The Morgan fingerprint density at radius 2 is 2.00 bits per heavy atom. The molecule has 1 aromatic heterocycles. The van der Waals surface area contributed by atoms with Crippen LogP contribution in [0.1, 0.15) is 16.1 Å². The van der Waals surface area contributed by atoms with Crippen molar-refractivity contribution in [1.29, 1.82) is 0 Å². The summed E-state index contributed by atoms with van der Waals surface area (Å²) in [4.78, 5) is 25.5. The van der Waals surface area contributed by atoms with E-state index in [2.05, 4.69) is 32.1 Å². The van der Waals surface area contributed by atoms with Gasteiger partial charge in [-0.1, -0.05) is 6.07 Å². The molecule has 1 fully saturated rings.